The molecule has 3 nitrogen and oxygen atoms in total. The lowest BCUT2D eigenvalue weighted by Crippen LogP contribution is -2.26. The number of benzene rings is 1. The standard InChI is InChI=1S/C16H19FN2O/c1-11(2)18-9-13-10-19(12(3)8-16(13)20)15-6-4-14(17)5-7-15/h4-8,10-11,18H,9H2,1-3H3. The maximum Gasteiger partial charge on any atom is 0.186 e. The summed E-state index contributed by atoms with van der Waals surface area (Å²) in [6.07, 6.45) is 1.82. The van der Waals surface area contributed by atoms with E-state index in [-0.39, 0.29) is 11.2 Å². The van der Waals surface area contributed by atoms with Crippen LogP contribution in [0.1, 0.15) is 25.1 Å². The number of aromatic nitrogens is 1. The molecule has 0 aliphatic carbocycles. The van der Waals surface area contributed by atoms with Crippen LogP contribution in [-0.2, 0) is 6.54 Å². The van der Waals surface area contributed by atoms with Crippen molar-refractivity contribution in [1.29, 1.82) is 0 Å². The first kappa shape index (κ1) is 14.5. The average Bonchev–Trinajstić information content (AvgIpc) is 2.39. The minimum Gasteiger partial charge on any atom is -0.321 e. The molecule has 4 heteroatoms. The topological polar surface area (TPSA) is 34.0 Å². The highest BCUT2D eigenvalue weighted by atomic mass is 19.1. The second-order valence-electron chi connectivity index (χ2n) is 5.19. The van der Waals surface area contributed by atoms with Crippen LogP contribution in [0.5, 0.6) is 0 Å². The quantitative estimate of drug-likeness (QED) is 0.930. The van der Waals surface area contributed by atoms with Gasteiger partial charge in [-0.25, -0.2) is 4.39 Å². The van der Waals surface area contributed by atoms with Gasteiger partial charge in [-0.2, -0.15) is 0 Å². The van der Waals surface area contributed by atoms with E-state index in [2.05, 4.69) is 5.32 Å². The van der Waals surface area contributed by atoms with Gasteiger partial charge in [-0.15, -0.1) is 0 Å². The molecule has 0 radical (unpaired) electrons. The molecular formula is C16H19FN2O. The van der Waals surface area contributed by atoms with Gasteiger partial charge < -0.3 is 9.88 Å². The van der Waals surface area contributed by atoms with Gasteiger partial charge >= 0.3 is 0 Å². The molecule has 0 saturated carbocycles. The first-order valence-corrected chi connectivity index (χ1v) is 6.69. The molecule has 0 amide bonds. The lowest BCUT2D eigenvalue weighted by Gasteiger charge is -2.14. The maximum atomic E-state index is 13.0. The number of aryl methyl sites for hydroxylation is 1. The molecule has 2 rings (SSSR count). The van der Waals surface area contributed by atoms with E-state index >= 15 is 0 Å². The highest BCUT2D eigenvalue weighted by Gasteiger charge is 2.06. The molecule has 1 aromatic carbocycles. The summed E-state index contributed by atoms with van der Waals surface area (Å²) in [6.45, 7) is 6.46. The van der Waals surface area contributed by atoms with Crippen LogP contribution < -0.4 is 10.7 Å². The second-order valence-corrected chi connectivity index (χ2v) is 5.19. The summed E-state index contributed by atoms with van der Waals surface area (Å²) in [6, 6.07) is 8.16. The fourth-order valence-corrected chi connectivity index (χ4v) is 2.00. The zero-order valence-corrected chi connectivity index (χ0v) is 12.0. The van der Waals surface area contributed by atoms with E-state index in [0.29, 0.717) is 18.2 Å². The largest absolute Gasteiger partial charge is 0.321 e. The van der Waals surface area contributed by atoms with E-state index in [1.807, 2.05) is 31.5 Å². The van der Waals surface area contributed by atoms with Gasteiger partial charge in [0.15, 0.2) is 5.43 Å². The number of pyridine rings is 1. The molecule has 1 heterocycles. The van der Waals surface area contributed by atoms with Crippen molar-refractivity contribution in [3.63, 3.8) is 0 Å². The smallest absolute Gasteiger partial charge is 0.186 e. The Labute approximate surface area is 118 Å². The van der Waals surface area contributed by atoms with Gasteiger partial charge in [0.1, 0.15) is 5.82 Å². The molecule has 0 saturated heterocycles. The van der Waals surface area contributed by atoms with Gasteiger partial charge in [-0.3, -0.25) is 4.79 Å². The predicted molar refractivity (Wildman–Crippen MR) is 78.7 cm³/mol. The average molecular weight is 274 g/mol. The Hall–Kier alpha value is -1.94. The lowest BCUT2D eigenvalue weighted by atomic mass is 10.2. The maximum absolute atomic E-state index is 13.0. The Kier molecular flexibility index (Phi) is 4.35. The minimum atomic E-state index is -0.269. The van der Waals surface area contributed by atoms with Crippen molar-refractivity contribution in [3.8, 4) is 5.69 Å². The monoisotopic (exact) mass is 274 g/mol. The third-order valence-corrected chi connectivity index (χ3v) is 3.13. The van der Waals surface area contributed by atoms with Crippen LogP contribution >= 0.6 is 0 Å². The third kappa shape index (κ3) is 3.33. The van der Waals surface area contributed by atoms with Crippen molar-refractivity contribution in [3.05, 3.63) is 63.8 Å². The van der Waals surface area contributed by atoms with Crippen molar-refractivity contribution in [2.45, 2.75) is 33.4 Å². The Morgan fingerprint density at radius 2 is 1.90 bits per heavy atom. The first-order chi connectivity index (χ1) is 9.47. The van der Waals surface area contributed by atoms with Gasteiger partial charge in [0, 0.05) is 41.8 Å². The molecule has 1 aromatic heterocycles. The Bertz CT molecular complexity index is 645. The predicted octanol–water partition coefficient (Wildman–Crippen LogP) is 2.78. The molecule has 106 valence electrons. The van der Waals surface area contributed by atoms with E-state index in [1.54, 1.807) is 18.2 Å². The van der Waals surface area contributed by atoms with Gasteiger partial charge in [0.05, 0.1) is 0 Å². The third-order valence-electron chi connectivity index (χ3n) is 3.13. The van der Waals surface area contributed by atoms with Crippen molar-refractivity contribution in [2.24, 2.45) is 0 Å². The number of halogens is 1. The summed E-state index contributed by atoms with van der Waals surface area (Å²) < 4.78 is 14.9. The van der Waals surface area contributed by atoms with E-state index in [1.165, 1.54) is 12.1 Å². The number of hydrogen-bond donors (Lipinski definition) is 1. The van der Waals surface area contributed by atoms with Crippen LogP contribution in [0.2, 0.25) is 0 Å². The SMILES string of the molecule is Cc1cc(=O)c(CNC(C)C)cn1-c1ccc(F)cc1. The Morgan fingerprint density at radius 3 is 2.50 bits per heavy atom. The number of nitrogens with zero attached hydrogens (tertiary/aromatic N) is 1. The van der Waals surface area contributed by atoms with Crippen LogP contribution in [-0.4, -0.2) is 10.6 Å². The number of nitrogens with one attached hydrogen (secondary N) is 1. The van der Waals surface area contributed by atoms with Gasteiger partial charge in [-0.1, -0.05) is 13.8 Å². The molecule has 0 spiro atoms. The lowest BCUT2D eigenvalue weighted by molar-refractivity contribution is 0.585. The number of hydrogen-bond acceptors (Lipinski definition) is 2. The zero-order chi connectivity index (χ0) is 14.7. The normalized spacial score (nSPS) is 11.1. The summed E-state index contributed by atoms with van der Waals surface area (Å²) in [4.78, 5) is 12.0. The van der Waals surface area contributed by atoms with Crippen LogP contribution in [0.3, 0.4) is 0 Å². The van der Waals surface area contributed by atoms with E-state index < -0.39 is 0 Å². The van der Waals surface area contributed by atoms with Crippen molar-refractivity contribution >= 4 is 0 Å². The van der Waals surface area contributed by atoms with E-state index in [4.69, 9.17) is 0 Å². The van der Waals surface area contributed by atoms with E-state index in [9.17, 15) is 9.18 Å². The summed E-state index contributed by atoms with van der Waals surface area (Å²) in [5.41, 5.74) is 2.40. The Balaban J connectivity index is 2.40. The Morgan fingerprint density at radius 1 is 1.25 bits per heavy atom. The highest BCUT2D eigenvalue weighted by Crippen LogP contribution is 2.12. The fourth-order valence-electron chi connectivity index (χ4n) is 2.00. The summed E-state index contributed by atoms with van der Waals surface area (Å²) in [5, 5.41) is 3.24. The summed E-state index contributed by atoms with van der Waals surface area (Å²) >= 11 is 0. The summed E-state index contributed by atoms with van der Waals surface area (Å²) in [5.74, 6) is -0.269. The van der Waals surface area contributed by atoms with Gasteiger partial charge in [-0.05, 0) is 31.2 Å². The van der Waals surface area contributed by atoms with Crippen LogP contribution in [0.25, 0.3) is 5.69 Å². The molecule has 20 heavy (non-hydrogen) atoms. The molecular weight excluding hydrogens is 255 g/mol. The molecule has 0 aliphatic rings. The fraction of sp³-hybridized carbons (Fsp3) is 0.312. The molecule has 0 fully saturated rings. The second kappa shape index (κ2) is 6.01. The minimum absolute atomic E-state index is 0.0222. The van der Waals surface area contributed by atoms with Crippen LogP contribution in [0, 0.1) is 12.7 Å². The van der Waals surface area contributed by atoms with E-state index in [0.717, 1.165) is 11.4 Å². The van der Waals surface area contributed by atoms with Crippen molar-refractivity contribution in [1.82, 2.24) is 9.88 Å². The molecule has 1 N–H and O–H groups in total. The van der Waals surface area contributed by atoms with Gasteiger partial charge in [0.2, 0.25) is 0 Å². The molecule has 2 aromatic rings. The molecule has 0 unspecified atom stereocenters. The molecule has 0 bridgehead atoms. The zero-order valence-electron chi connectivity index (χ0n) is 12.0. The number of rotatable bonds is 4. The molecule has 0 aliphatic heterocycles. The highest BCUT2D eigenvalue weighted by molar-refractivity contribution is 5.35. The van der Waals surface area contributed by atoms with Crippen LogP contribution in [0.4, 0.5) is 4.39 Å². The van der Waals surface area contributed by atoms with Gasteiger partial charge in [0.25, 0.3) is 0 Å². The molecule has 0 atom stereocenters. The van der Waals surface area contributed by atoms with Crippen LogP contribution in [0.15, 0.2) is 41.3 Å². The van der Waals surface area contributed by atoms with Crippen molar-refractivity contribution in [2.75, 3.05) is 0 Å². The first-order valence-electron chi connectivity index (χ1n) is 6.69. The van der Waals surface area contributed by atoms with Crippen molar-refractivity contribution < 1.29 is 4.39 Å². The summed E-state index contributed by atoms with van der Waals surface area (Å²) in [7, 11) is 0.